The molecule has 4 N–H and O–H groups in total. The minimum absolute atomic E-state index is 0.125. The Morgan fingerprint density at radius 1 is 1.17 bits per heavy atom. The van der Waals surface area contributed by atoms with Crippen LogP contribution in [0.2, 0.25) is 0 Å². The third kappa shape index (κ3) is 6.93. The van der Waals surface area contributed by atoms with Gasteiger partial charge in [-0.1, -0.05) is 18.2 Å². The third-order valence-electron chi connectivity index (χ3n) is 4.47. The van der Waals surface area contributed by atoms with Crippen molar-refractivity contribution in [1.82, 2.24) is 0 Å². The number of hydrogen-bond acceptors (Lipinski definition) is 7. The Bertz CT molecular complexity index is 1380. The number of aryl methyl sites for hydroxylation is 1. The number of carbonyl (C=O) groups is 2. The van der Waals surface area contributed by atoms with Gasteiger partial charge in [-0.25, -0.2) is 13.2 Å². The third-order valence-corrected chi connectivity index (χ3v) is 8.81. The Hall–Kier alpha value is -3.16. The van der Waals surface area contributed by atoms with E-state index in [-0.39, 0.29) is 21.2 Å². The number of nitrogen functional groups attached to an aromatic ring is 1. The highest BCUT2D eigenvalue weighted by atomic mass is 32.2. The first kappa shape index (κ1) is 28.1. The van der Waals surface area contributed by atoms with Crippen LogP contribution in [0.15, 0.2) is 62.5 Å². The highest BCUT2D eigenvalue weighted by molar-refractivity contribution is 8.01. The zero-order valence-corrected chi connectivity index (χ0v) is 20.7. The Labute approximate surface area is 207 Å². The average Bonchev–Trinajstić information content (AvgIpc) is 3.25. The molecule has 3 aromatic rings. The van der Waals surface area contributed by atoms with Crippen molar-refractivity contribution in [3.63, 3.8) is 0 Å². The molecular weight excluding hydrogens is 525 g/mol. The zero-order valence-electron chi connectivity index (χ0n) is 18.2. The second-order valence-electron chi connectivity index (χ2n) is 6.91. The van der Waals surface area contributed by atoms with Crippen molar-refractivity contribution in [2.24, 2.45) is 5.73 Å². The molecule has 0 saturated carbocycles. The van der Waals surface area contributed by atoms with E-state index in [9.17, 15) is 26.4 Å². The maximum absolute atomic E-state index is 13.3. The molecule has 0 saturated heterocycles. The lowest BCUT2D eigenvalue weighted by atomic mass is 9.98. The van der Waals surface area contributed by atoms with E-state index in [4.69, 9.17) is 21.0 Å². The highest BCUT2D eigenvalue weighted by Gasteiger charge is 2.26. The fraction of sp³-hybridized carbons (Fsp3) is 0.136. The second kappa shape index (κ2) is 11.1. The lowest BCUT2D eigenvalue weighted by Crippen LogP contribution is -2.08. The molecule has 0 aliphatic carbocycles. The number of hydrogen-bond donors (Lipinski definition) is 3. The molecule has 3 rings (SSSR count). The van der Waals surface area contributed by atoms with E-state index >= 15 is 0 Å². The lowest BCUT2D eigenvalue weighted by molar-refractivity contribution is -0.156. The second-order valence-corrected chi connectivity index (χ2v) is 11.0. The maximum atomic E-state index is 13.3. The van der Waals surface area contributed by atoms with Gasteiger partial charge in [0.1, 0.15) is 5.84 Å². The predicted octanol–water partition coefficient (Wildman–Crippen LogP) is 5.01. The minimum atomic E-state index is -4.64. The van der Waals surface area contributed by atoms with Gasteiger partial charge in [-0.15, -0.1) is 23.1 Å². The number of alkyl halides is 3. The molecule has 0 spiro atoms. The standard InChI is InChI=1S/C20H18N2O4S3.C2HF3O/c1-11-8-13(19(23)24)6-7-15(11)12-4-3-5-14(9-12)29(25,26)17-10-16(18(21)22)28-20(17)27-2;3-2(4,5)1-6/h3-10H,1-2H3,(H3,21,22)(H,23,24);1H. The number of aromatic carboxylic acids is 1. The number of nitrogens with one attached hydrogen (secondary N) is 1. The van der Waals surface area contributed by atoms with Crippen LogP contribution < -0.4 is 5.73 Å². The summed E-state index contributed by atoms with van der Waals surface area (Å²) in [5.74, 6) is -1.19. The molecule has 0 radical (unpaired) electrons. The van der Waals surface area contributed by atoms with Gasteiger partial charge in [0.2, 0.25) is 16.1 Å². The van der Waals surface area contributed by atoms with Crippen LogP contribution in [0, 0.1) is 12.3 Å². The number of carboxylic acids is 1. The Balaban J connectivity index is 0.000000641. The Morgan fingerprint density at radius 2 is 1.80 bits per heavy atom. The van der Waals surface area contributed by atoms with Crippen LogP contribution >= 0.6 is 23.1 Å². The van der Waals surface area contributed by atoms with E-state index in [0.29, 0.717) is 14.6 Å². The van der Waals surface area contributed by atoms with E-state index in [0.717, 1.165) is 11.1 Å². The largest absolute Gasteiger partial charge is 0.478 e. The van der Waals surface area contributed by atoms with Gasteiger partial charge >= 0.3 is 12.1 Å². The Kier molecular flexibility index (Phi) is 8.87. The summed E-state index contributed by atoms with van der Waals surface area (Å²) < 4.78 is 58.4. The van der Waals surface area contributed by atoms with Gasteiger partial charge in [0.05, 0.1) is 24.4 Å². The summed E-state index contributed by atoms with van der Waals surface area (Å²) in [6.45, 7) is 1.78. The number of carbonyl (C=O) groups excluding carboxylic acids is 1. The summed E-state index contributed by atoms with van der Waals surface area (Å²) in [7, 11) is -3.82. The Morgan fingerprint density at radius 3 is 2.29 bits per heavy atom. The molecule has 0 atom stereocenters. The molecule has 0 bridgehead atoms. The first-order valence-corrected chi connectivity index (χ1v) is 13.0. The number of carboxylic acid groups (broad SMARTS) is 1. The highest BCUT2D eigenvalue weighted by Crippen LogP contribution is 2.37. The summed E-state index contributed by atoms with van der Waals surface area (Å²) in [6.07, 6.45) is -3.93. The number of rotatable bonds is 6. The van der Waals surface area contributed by atoms with Gasteiger partial charge in [0, 0.05) is 0 Å². The van der Waals surface area contributed by atoms with Crippen molar-refractivity contribution in [3.8, 4) is 11.1 Å². The molecule has 2 aromatic carbocycles. The van der Waals surface area contributed by atoms with Gasteiger partial charge < -0.3 is 10.8 Å². The van der Waals surface area contributed by atoms with E-state index < -0.39 is 28.3 Å². The number of nitrogens with two attached hydrogens (primary N) is 1. The van der Waals surface area contributed by atoms with E-state index in [2.05, 4.69) is 0 Å². The summed E-state index contributed by atoms with van der Waals surface area (Å²) >= 11 is 2.47. The van der Waals surface area contributed by atoms with Gasteiger partial charge in [-0.2, -0.15) is 13.2 Å². The molecule has 0 aliphatic rings. The maximum Gasteiger partial charge on any atom is 0.446 e. The fourth-order valence-corrected chi connectivity index (χ4v) is 6.80. The monoisotopic (exact) mass is 544 g/mol. The van der Waals surface area contributed by atoms with Crippen LogP contribution in [-0.2, 0) is 14.6 Å². The molecule has 1 heterocycles. The van der Waals surface area contributed by atoms with E-state index in [1.165, 1.54) is 41.3 Å². The number of halogens is 3. The number of sulfone groups is 1. The topological polar surface area (TPSA) is 138 Å². The molecule has 0 fully saturated rings. The molecule has 0 aliphatic heterocycles. The first-order valence-electron chi connectivity index (χ1n) is 9.46. The van der Waals surface area contributed by atoms with Gasteiger partial charge in [-0.3, -0.25) is 10.2 Å². The lowest BCUT2D eigenvalue weighted by Gasteiger charge is -2.10. The SMILES string of the molecule is CSc1sc(C(=N)N)cc1S(=O)(=O)c1cccc(-c2ccc(C(=O)O)cc2C)c1.O=CC(F)(F)F. The van der Waals surface area contributed by atoms with Crippen LogP contribution in [0.1, 0.15) is 20.8 Å². The molecule has 0 amide bonds. The summed E-state index contributed by atoms with van der Waals surface area (Å²) in [5, 5.41) is 16.7. The molecule has 0 unspecified atom stereocenters. The van der Waals surface area contributed by atoms with Gasteiger partial charge in [0.15, 0.2) is 0 Å². The summed E-state index contributed by atoms with van der Waals surface area (Å²) in [6, 6.07) is 12.7. The molecule has 1 aromatic heterocycles. The fourth-order valence-electron chi connectivity index (χ4n) is 2.90. The number of benzene rings is 2. The zero-order chi connectivity index (χ0) is 26.6. The quantitative estimate of drug-likeness (QED) is 0.172. The molecule has 13 heteroatoms. The molecular formula is C22H19F3N2O5S3. The van der Waals surface area contributed by atoms with Gasteiger partial charge in [0.25, 0.3) is 0 Å². The van der Waals surface area contributed by atoms with Crippen molar-refractivity contribution in [1.29, 1.82) is 5.41 Å². The first-order chi connectivity index (χ1) is 16.2. The number of aldehydes is 1. The molecule has 186 valence electrons. The summed E-state index contributed by atoms with van der Waals surface area (Å²) in [5.41, 5.74) is 7.87. The van der Waals surface area contributed by atoms with Crippen LogP contribution in [0.25, 0.3) is 11.1 Å². The summed E-state index contributed by atoms with van der Waals surface area (Å²) in [4.78, 5) is 20.5. The molecule has 35 heavy (non-hydrogen) atoms. The van der Waals surface area contributed by atoms with Crippen LogP contribution in [0.4, 0.5) is 13.2 Å². The van der Waals surface area contributed by atoms with Crippen molar-refractivity contribution in [2.75, 3.05) is 6.26 Å². The number of thiophene rings is 1. The van der Waals surface area contributed by atoms with Crippen molar-refractivity contribution in [3.05, 3.63) is 64.5 Å². The van der Waals surface area contributed by atoms with Crippen LogP contribution in [-0.4, -0.2) is 44.0 Å². The van der Waals surface area contributed by atoms with Crippen molar-refractivity contribution >= 4 is 51.0 Å². The van der Waals surface area contributed by atoms with Crippen molar-refractivity contribution in [2.45, 2.75) is 27.1 Å². The molecule has 7 nitrogen and oxygen atoms in total. The van der Waals surface area contributed by atoms with Crippen LogP contribution in [0.5, 0.6) is 0 Å². The minimum Gasteiger partial charge on any atom is -0.478 e. The number of thioether (sulfide) groups is 1. The van der Waals surface area contributed by atoms with E-state index in [1.54, 1.807) is 43.5 Å². The number of amidine groups is 1. The van der Waals surface area contributed by atoms with E-state index in [1.807, 2.05) is 0 Å². The average molecular weight is 545 g/mol. The smallest absolute Gasteiger partial charge is 0.446 e. The normalized spacial score (nSPS) is 11.3. The van der Waals surface area contributed by atoms with Crippen LogP contribution in [0.3, 0.4) is 0 Å². The van der Waals surface area contributed by atoms with Crippen molar-refractivity contribution < 1.29 is 36.3 Å². The van der Waals surface area contributed by atoms with Gasteiger partial charge in [-0.05, 0) is 60.2 Å². The predicted molar refractivity (Wildman–Crippen MR) is 128 cm³/mol.